The summed E-state index contributed by atoms with van der Waals surface area (Å²) in [5.74, 6) is 0.299. The molecule has 0 spiro atoms. The second-order valence-corrected chi connectivity index (χ2v) is 7.69. The number of piperidine rings is 1. The Bertz CT molecular complexity index is 577. The van der Waals surface area contributed by atoms with E-state index in [1.807, 2.05) is 12.1 Å². The number of nitrogens with two attached hydrogens (primary N) is 1. The standard InChI is InChI=1S/C15H24ClN3O2S/c1-2-15(13-5-7-14(16)8-6-13)19-9-3-4-12(11-19)10-18-22(17,20)21/h5-8,12,15,18H,2-4,9-11H2,1H3,(H2,17,20,21). The van der Waals surface area contributed by atoms with Gasteiger partial charge in [-0.3, -0.25) is 4.90 Å². The Morgan fingerprint density at radius 2 is 2.09 bits per heavy atom. The van der Waals surface area contributed by atoms with Crippen molar-refractivity contribution in [3.8, 4) is 0 Å². The molecule has 1 fully saturated rings. The lowest BCUT2D eigenvalue weighted by Crippen LogP contribution is -2.43. The van der Waals surface area contributed by atoms with Gasteiger partial charge in [0.1, 0.15) is 0 Å². The third kappa shape index (κ3) is 5.21. The molecule has 0 bridgehead atoms. The Labute approximate surface area is 138 Å². The van der Waals surface area contributed by atoms with Crippen molar-refractivity contribution in [2.45, 2.75) is 32.2 Å². The van der Waals surface area contributed by atoms with Crippen LogP contribution >= 0.6 is 11.6 Å². The van der Waals surface area contributed by atoms with Gasteiger partial charge in [-0.1, -0.05) is 30.7 Å². The molecule has 3 N–H and O–H groups in total. The number of likely N-dealkylation sites (tertiary alicyclic amines) is 1. The van der Waals surface area contributed by atoms with E-state index in [1.54, 1.807) is 0 Å². The first-order valence-electron chi connectivity index (χ1n) is 7.66. The smallest absolute Gasteiger partial charge is 0.274 e. The Morgan fingerprint density at radius 3 is 2.68 bits per heavy atom. The van der Waals surface area contributed by atoms with Crippen LogP contribution in [0.3, 0.4) is 0 Å². The fraction of sp³-hybridized carbons (Fsp3) is 0.600. The first-order chi connectivity index (χ1) is 10.4. The van der Waals surface area contributed by atoms with Crippen LogP contribution in [0.15, 0.2) is 24.3 Å². The fourth-order valence-corrected chi connectivity index (χ4v) is 3.76. The van der Waals surface area contributed by atoms with E-state index in [4.69, 9.17) is 16.7 Å². The highest BCUT2D eigenvalue weighted by molar-refractivity contribution is 7.87. The third-order valence-electron chi connectivity index (χ3n) is 4.21. The maximum atomic E-state index is 11.0. The molecule has 0 aromatic heterocycles. The molecule has 124 valence electrons. The second kappa shape index (κ2) is 7.75. The predicted molar refractivity (Wildman–Crippen MR) is 89.9 cm³/mol. The average molecular weight is 346 g/mol. The lowest BCUT2D eigenvalue weighted by molar-refractivity contribution is 0.121. The molecule has 7 heteroatoms. The predicted octanol–water partition coefficient (Wildman–Crippen LogP) is 2.30. The third-order valence-corrected chi connectivity index (χ3v) is 5.03. The number of benzene rings is 1. The van der Waals surface area contributed by atoms with Crippen molar-refractivity contribution in [2.24, 2.45) is 11.1 Å². The Balaban J connectivity index is 2.01. The van der Waals surface area contributed by atoms with Gasteiger partial charge in [0, 0.05) is 24.2 Å². The Kier molecular flexibility index (Phi) is 6.23. The summed E-state index contributed by atoms with van der Waals surface area (Å²) in [6, 6.07) is 8.33. The van der Waals surface area contributed by atoms with Crippen molar-refractivity contribution in [2.75, 3.05) is 19.6 Å². The molecule has 1 aromatic rings. The molecule has 22 heavy (non-hydrogen) atoms. The van der Waals surface area contributed by atoms with Gasteiger partial charge in [-0.15, -0.1) is 0 Å². The minimum absolute atomic E-state index is 0.299. The Morgan fingerprint density at radius 1 is 1.41 bits per heavy atom. The lowest BCUT2D eigenvalue weighted by atomic mass is 9.94. The molecular formula is C15H24ClN3O2S. The SMILES string of the molecule is CCC(c1ccc(Cl)cc1)N1CCCC(CNS(N)(=O)=O)C1. The lowest BCUT2D eigenvalue weighted by Gasteiger charge is -2.38. The van der Waals surface area contributed by atoms with Gasteiger partial charge in [-0.05, 0) is 49.4 Å². The normalized spacial score (nSPS) is 21.7. The van der Waals surface area contributed by atoms with Gasteiger partial charge >= 0.3 is 0 Å². The summed E-state index contributed by atoms with van der Waals surface area (Å²) in [7, 11) is -3.61. The summed E-state index contributed by atoms with van der Waals surface area (Å²) >= 11 is 5.96. The summed E-state index contributed by atoms with van der Waals surface area (Å²) in [5.41, 5.74) is 1.26. The van der Waals surface area contributed by atoms with Gasteiger partial charge in [0.25, 0.3) is 10.2 Å². The summed E-state index contributed by atoms with van der Waals surface area (Å²) in [6.45, 7) is 4.49. The van der Waals surface area contributed by atoms with Gasteiger partial charge in [0.05, 0.1) is 0 Å². The van der Waals surface area contributed by atoms with E-state index >= 15 is 0 Å². The molecule has 0 amide bonds. The molecule has 5 nitrogen and oxygen atoms in total. The first-order valence-corrected chi connectivity index (χ1v) is 9.58. The zero-order chi connectivity index (χ0) is 16.2. The summed E-state index contributed by atoms with van der Waals surface area (Å²) < 4.78 is 24.5. The van der Waals surface area contributed by atoms with Gasteiger partial charge in [-0.25, -0.2) is 9.86 Å². The zero-order valence-corrected chi connectivity index (χ0v) is 14.4. The van der Waals surface area contributed by atoms with Crippen LogP contribution in [0.1, 0.15) is 37.8 Å². The maximum absolute atomic E-state index is 11.0. The number of hydrogen-bond donors (Lipinski definition) is 2. The van der Waals surface area contributed by atoms with Gasteiger partial charge in [0.2, 0.25) is 0 Å². The van der Waals surface area contributed by atoms with Crippen molar-refractivity contribution in [1.82, 2.24) is 9.62 Å². The highest BCUT2D eigenvalue weighted by Crippen LogP contribution is 2.29. The largest absolute Gasteiger partial charge is 0.296 e. The molecule has 1 aromatic carbocycles. The van der Waals surface area contributed by atoms with Crippen molar-refractivity contribution < 1.29 is 8.42 Å². The molecule has 1 aliphatic heterocycles. The number of halogens is 1. The van der Waals surface area contributed by atoms with Gasteiger partial charge < -0.3 is 0 Å². The molecule has 0 aliphatic carbocycles. The van der Waals surface area contributed by atoms with Crippen molar-refractivity contribution >= 4 is 21.8 Å². The summed E-state index contributed by atoms with van der Waals surface area (Å²) in [4.78, 5) is 2.43. The summed E-state index contributed by atoms with van der Waals surface area (Å²) in [5, 5.41) is 5.76. The van der Waals surface area contributed by atoms with Crippen LogP contribution in [0.25, 0.3) is 0 Å². The quantitative estimate of drug-likeness (QED) is 0.830. The van der Waals surface area contributed by atoms with Crippen LogP contribution in [-0.4, -0.2) is 33.0 Å². The highest BCUT2D eigenvalue weighted by atomic mass is 35.5. The number of rotatable bonds is 6. The topological polar surface area (TPSA) is 75.4 Å². The van der Waals surface area contributed by atoms with Gasteiger partial charge in [0.15, 0.2) is 0 Å². The highest BCUT2D eigenvalue weighted by Gasteiger charge is 2.26. The van der Waals surface area contributed by atoms with Crippen LogP contribution in [-0.2, 0) is 10.2 Å². The molecule has 2 atom stereocenters. The molecule has 0 saturated carbocycles. The molecule has 2 unspecified atom stereocenters. The van der Waals surface area contributed by atoms with E-state index in [2.05, 4.69) is 28.7 Å². The number of nitrogens with zero attached hydrogens (tertiary/aromatic N) is 1. The van der Waals surface area contributed by atoms with Gasteiger partial charge in [-0.2, -0.15) is 8.42 Å². The number of nitrogens with one attached hydrogen (secondary N) is 1. The summed E-state index contributed by atoms with van der Waals surface area (Å²) in [6.07, 6.45) is 3.11. The molecular weight excluding hydrogens is 322 g/mol. The molecule has 1 heterocycles. The van der Waals surface area contributed by atoms with E-state index in [0.29, 0.717) is 18.5 Å². The average Bonchev–Trinajstić information content (AvgIpc) is 2.48. The first kappa shape index (κ1) is 17.7. The molecule has 1 aliphatic rings. The second-order valence-electron chi connectivity index (χ2n) is 5.87. The van der Waals surface area contributed by atoms with E-state index in [-0.39, 0.29) is 0 Å². The van der Waals surface area contributed by atoms with Crippen molar-refractivity contribution in [3.63, 3.8) is 0 Å². The fourth-order valence-electron chi connectivity index (χ4n) is 3.17. The monoisotopic (exact) mass is 345 g/mol. The molecule has 0 radical (unpaired) electrons. The van der Waals surface area contributed by atoms with E-state index in [0.717, 1.165) is 37.4 Å². The van der Waals surface area contributed by atoms with E-state index in [1.165, 1.54) is 5.56 Å². The van der Waals surface area contributed by atoms with Crippen LogP contribution in [0, 0.1) is 5.92 Å². The van der Waals surface area contributed by atoms with Crippen molar-refractivity contribution in [3.05, 3.63) is 34.9 Å². The van der Waals surface area contributed by atoms with E-state index in [9.17, 15) is 8.42 Å². The molecule has 1 saturated heterocycles. The van der Waals surface area contributed by atoms with Crippen LogP contribution in [0.5, 0.6) is 0 Å². The van der Waals surface area contributed by atoms with Crippen molar-refractivity contribution in [1.29, 1.82) is 0 Å². The maximum Gasteiger partial charge on any atom is 0.274 e. The van der Waals surface area contributed by atoms with Crippen LogP contribution in [0.4, 0.5) is 0 Å². The van der Waals surface area contributed by atoms with Crippen LogP contribution < -0.4 is 9.86 Å². The number of hydrogen-bond acceptors (Lipinski definition) is 3. The minimum Gasteiger partial charge on any atom is -0.296 e. The van der Waals surface area contributed by atoms with Crippen LogP contribution in [0.2, 0.25) is 5.02 Å². The van der Waals surface area contributed by atoms with E-state index < -0.39 is 10.2 Å². The molecule has 2 rings (SSSR count). The minimum atomic E-state index is -3.61. The zero-order valence-electron chi connectivity index (χ0n) is 12.8. The Hall–Kier alpha value is -0.660.